The van der Waals surface area contributed by atoms with Gasteiger partial charge in [-0.2, -0.15) is 0 Å². The number of unbranched alkanes of at least 4 members (excludes halogenated alkanes) is 2. The van der Waals surface area contributed by atoms with Crippen LogP contribution in [0.5, 0.6) is 0 Å². The molecule has 0 unspecified atom stereocenters. The van der Waals surface area contributed by atoms with E-state index in [1.807, 2.05) is 6.07 Å². The Labute approximate surface area is 72.6 Å². The van der Waals surface area contributed by atoms with E-state index in [4.69, 9.17) is 4.42 Å². The van der Waals surface area contributed by atoms with E-state index in [2.05, 4.69) is 6.92 Å². The van der Waals surface area contributed by atoms with Crippen molar-refractivity contribution in [3.8, 4) is 0 Å². The van der Waals surface area contributed by atoms with Gasteiger partial charge in [0.15, 0.2) is 12.0 Å². The molecule has 0 aliphatic carbocycles. The number of rotatable bonds is 5. The number of carbonyl (C=O) groups excluding carboxylic acids is 1. The predicted octanol–water partition coefficient (Wildman–Crippen LogP) is 2.82. The molecular weight excluding hydrogens is 152 g/mol. The third-order valence-electron chi connectivity index (χ3n) is 1.86. The maximum absolute atomic E-state index is 10.3. The lowest BCUT2D eigenvalue weighted by atomic mass is 10.1. The van der Waals surface area contributed by atoms with Crippen molar-refractivity contribution in [1.29, 1.82) is 0 Å². The van der Waals surface area contributed by atoms with Crippen LogP contribution in [-0.2, 0) is 6.42 Å². The molecule has 0 bridgehead atoms. The van der Waals surface area contributed by atoms with Crippen molar-refractivity contribution in [3.05, 3.63) is 23.7 Å². The van der Waals surface area contributed by atoms with Crippen molar-refractivity contribution < 1.29 is 9.21 Å². The summed E-state index contributed by atoms with van der Waals surface area (Å²) >= 11 is 0. The highest BCUT2D eigenvalue weighted by molar-refractivity contribution is 5.70. The molecule has 1 heterocycles. The Morgan fingerprint density at radius 2 is 2.33 bits per heavy atom. The number of hydrogen-bond acceptors (Lipinski definition) is 2. The average molecular weight is 166 g/mol. The van der Waals surface area contributed by atoms with Gasteiger partial charge in [-0.25, -0.2) is 0 Å². The maximum Gasteiger partial charge on any atom is 0.185 e. The van der Waals surface area contributed by atoms with Gasteiger partial charge in [0.25, 0.3) is 0 Å². The van der Waals surface area contributed by atoms with Crippen molar-refractivity contribution in [2.45, 2.75) is 32.6 Å². The zero-order valence-electron chi connectivity index (χ0n) is 7.38. The third kappa shape index (κ3) is 2.53. The molecule has 2 heteroatoms. The van der Waals surface area contributed by atoms with Crippen LogP contribution < -0.4 is 0 Å². The summed E-state index contributed by atoms with van der Waals surface area (Å²) in [4.78, 5) is 10.3. The van der Waals surface area contributed by atoms with Crippen LogP contribution >= 0.6 is 0 Å². The first kappa shape index (κ1) is 9.04. The molecule has 1 rings (SSSR count). The molecule has 0 aromatic carbocycles. The molecule has 0 spiro atoms. The van der Waals surface area contributed by atoms with Crippen LogP contribution in [-0.4, -0.2) is 6.29 Å². The molecule has 0 aliphatic rings. The van der Waals surface area contributed by atoms with Crippen LogP contribution in [0.3, 0.4) is 0 Å². The van der Waals surface area contributed by atoms with Gasteiger partial charge in [-0.15, -0.1) is 0 Å². The van der Waals surface area contributed by atoms with Gasteiger partial charge in [0.2, 0.25) is 0 Å². The smallest absolute Gasteiger partial charge is 0.185 e. The second-order valence-corrected chi connectivity index (χ2v) is 2.93. The standard InChI is InChI=1S/C10H14O2/c1-2-3-4-5-9-6-10(7-11)12-8-9/h6-8H,2-5H2,1H3. The number of carbonyl (C=O) groups is 1. The topological polar surface area (TPSA) is 30.2 Å². The van der Waals surface area contributed by atoms with Gasteiger partial charge in [-0.3, -0.25) is 4.79 Å². The first-order valence-corrected chi connectivity index (χ1v) is 4.39. The fourth-order valence-corrected chi connectivity index (χ4v) is 1.17. The Kier molecular flexibility index (Phi) is 3.58. The zero-order valence-corrected chi connectivity index (χ0v) is 7.38. The van der Waals surface area contributed by atoms with Crippen molar-refractivity contribution in [1.82, 2.24) is 0 Å². The van der Waals surface area contributed by atoms with Crippen LogP contribution in [0.25, 0.3) is 0 Å². The van der Waals surface area contributed by atoms with E-state index in [1.54, 1.807) is 6.26 Å². The Hall–Kier alpha value is -1.05. The molecular formula is C10H14O2. The Morgan fingerprint density at radius 1 is 1.50 bits per heavy atom. The summed E-state index contributed by atoms with van der Waals surface area (Å²) < 4.78 is 4.98. The molecule has 0 radical (unpaired) electrons. The fraction of sp³-hybridized carbons (Fsp3) is 0.500. The van der Waals surface area contributed by atoms with E-state index in [1.165, 1.54) is 19.3 Å². The van der Waals surface area contributed by atoms with Crippen LogP contribution in [0.1, 0.15) is 42.3 Å². The molecule has 2 nitrogen and oxygen atoms in total. The SMILES string of the molecule is CCCCCc1coc(C=O)c1. The van der Waals surface area contributed by atoms with E-state index in [0.29, 0.717) is 5.76 Å². The summed E-state index contributed by atoms with van der Waals surface area (Å²) in [7, 11) is 0. The van der Waals surface area contributed by atoms with Crippen molar-refractivity contribution in [2.75, 3.05) is 0 Å². The van der Waals surface area contributed by atoms with E-state index >= 15 is 0 Å². The largest absolute Gasteiger partial charge is 0.461 e. The second-order valence-electron chi connectivity index (χ2n) is 2.93. The van der Waals surface area contributed by atoms with Crippen LogP contribution in [0.15, 0.2) is 16.7 Å². The third-order valence-corrected chi connectivity index (χ3v) is 1.86. The van der Waals surface area contributed by atoms with Crippen LogP contribution in [0.2, 0.25) is 0 Å². The monoisotopic (exact) mass is 166 g/mol. The first-order valence-electron chi connectivity index (χ1n) is 4.39. The molecule has 0 aliphatic heterocycles. The molecule has 1 aromatic rings. The van der Waals surface area contributed by atoms with Gasteiger partial charge < -0.3 is 4.42 Å². The minimum absolute atomic E-state index is 0.432. The van der Waals surface area contributed by atoms with Crippen LogP contribution in [0, 0.1) is 0 Å². The Bertz CT molecular complexity index is 238. The lowest BCUT2D eigenvalue weighted by Crippen LogP contribution is -1.81. The van der Waals surface area contributed by atoms with Gasteiger partial charge in [-0.1, -0.05) is 19.8 Å². The van der Waals surface area contributed by atoms with Gasteiger partial charge in [0, 0.05) is 0 Å². The van der Waals surface area contributed by atoms with Crippen molar-refractivity contribution >= 4 is 6.29 Å². The lowest BCUT2D eigenvalue weighted by molar-refractivity contribution is 0.110. The van der Waals surface area contributed by atoms with E-state index in [0.717, 1.165) is 18.3 Å². The summed E-state index contributed by atoms with van der Waals surface area (Å²) in [6.45, 7) is 2.17. The van der Waals surface area contributed by atoms with Gasteiger partial charge in [0.1, 0.15) is 0 Å². The average Bonchev–Trinajstić information content (AvgIpc) is 2.53. The fourth-order valence-electron chi connectivity index (χ4n) is 1.17. The van der Waals surface area contributed by atoms with Crippen molar-refractivity contribution in [2.24, 2.45) is 0 Å². The summed E-state index contributed by atoms with van der Waals surface area (Å²) in [5.41, 5.74) is 1.13. The molecule has 0 saturated carbocycles. The molecule has 66 valence electrons. The van der Waals surface area contributed by atoms with E-state index < -0.39 is 0 Å². The summed E-state index contributed by atoms with van der Waals surface area (Å²) in [6, 6.07) is 1.81. The summed E-state index contributed by atoms with van der Waals surface area (Å²) in [6.07, 6.45) is 7.06. The zero-order chi connectivity index (χ0) is 8.81. The van der Waals surface area contributed by atoms with Gasteiger partial charge in [-0.05, 0) is 24.5 Å². The number of hydrogen-bond donors (Lipinski definition) is 0. The lowest BCUT2D eigenvalue weighted by Gasteiger charge is -1.93. The maximum atomic E-state index is 10.3. The Morgan fingerprint density at radius 3 is 2.92 bits per heavy atom. The molecule has 0 saturated heterocycles. The first-order chi connectivity index (χ1) is 5.86. The minimum atomic E-state index is 0.432. The molecule has 0 atom stereocenters. The minimum Gasteiger partial charge on any atom is -0.461 e. The summed E-state index contributed by atoms with van der Waals surface area (Å²) in [5, 5.41) is 0. The van der Waals surface area contributed by atoms with E-state index in [-0.39, 0.29) is 0 Å². The highest BCUT2D eigenvalue weighted by atomic mass is 16.3. The van der Waals surface area contributed by atoms with Gasteiger partial charge in [0.05, 0.1) is 6.26 Å². The number of furan rings is 1. The molecule has 0 amide bonds. The molecule has 0 fully saturated rings. The predicted molar refractivity (Wildman–Crippen MR) is 47.3 cm³/mol. The molecule has 1 aromatic heterocycles. The molecule has 12 heavy (non-hydrogen) atoms. The Balaban J connectivity index is 2.36. The second kappa shape index (κ2) is 4.75. The quantitative estimate of drug-likeness (QED) is 0.497. The summed E-state index contributed by atoms with van der Waals surface area (Å²) in [5.74, 6) is 0.432. The highest BCUT2D eigenvalue weighted by Gasteiger charge is 1.99. The number of aldehydes is 1. The van der Waals surface area contributed by atoms with Crippen molar-refractivity contribution in [3.63, 3.8) is 0 Å². The van der Waals surface area contributed by atoms with E-state index in [9.17, 15) is 4.79 Å². The highest BCUT2D eigenvalue weighted by Crippen LogP contribution is 2.09. The molecule has 0 N–H and O–H groups in total. The van der Waals surface area contributed by atoms with Crippen LogP contribution in [0.4, 0.5) is 0 Å². The number of aryl methyl sites for hydroxylation is 1. The normalized spacial score (nSPS) is 10.1. The van der Waals surface area contributed by atoms with Gasteiger partial charge >= 0.3 is 0 Å².